The third-order valence-electron chi connectivity index (χ3n) is 2.98. The van der Waals surface area contributed by atoms with Crippen molar-refractivity contribution in [3.8, 4) is 0 Å². The van der Waals surface area contributed by atoms with Crippen LogP contribution in [0.4, 0.5) is 0 Å². The number of hydrogen-bond donors (Lipinski definition) is 3. The van der Waals surface area contributed by atoms with Gasteiger partial charge in [-0.1, -0.05) is 0 Å². The van der Waals surface area contributed by atoms with Gasteiger partial charge in [0.25, 0.3) is 0 Å². The highest BCUT2D eigenvalue weighted by Crippen LogP contribution is 2.18. The first-order valence-corrected chi connectivity index (χ1v) is 5.92. The molecule has 1 fully saturated rings. The molecule has 0 bridgehead atoms. The topological polar surface area (TPSA) is 107 Å². The van der Waals surface area contributed by atoms with Gasteiger partial charge in [0.1, 0.15) is 6.04 Å². The molecule has 3 N–H and O–H groups in total. The van der Waals surface area contributed by atoms with Gasteiger partial charge in [-0.15, -0.1) is 0 Å². The minimum atomic E-state index is -0.987. The SMILES string of the molecule is C[C@H](NCCC(=O)O)C(=O)N1CCC[C@H]1C(=O)O. The van der Waals surface area contributed by atoms with E-state index in [1.54, 1.807) is 6.92 Å². The van der Waals surface area contributed by atoms with E-state index < -0.39 is 24.0 Å². The zero-order valence-corrected chi connectivity index (χ0v) is 10.3. The standard InChI is InChI=1S/C11H18N2O5/c1-7(12-5-4-9(14)15)10(16)13-6-2-3-8(13)11(17)18/h7-8,12H,2-6H2,1H3,(H,14,15)(H,17,18)/t7-,8-/m0/s1. The number of carboxylic acids is 2. The van der Waals surface area contributed by atoms with Gasteiger partial charge in [-0.05, 0) is 19.8 Å². The first kappa shape index (κ1) is 14.4. The Morgan fingerprint density at radius 1 is 1.39 bits per heavy atom. The van der Waals surface area contributed by atoms with Gasteiger partial charge in [-0.2, -0.15) is 0 Å². The molecule has 7 nitrogen and oxygen atoms in total. The number of likely N-dealkylation sites (tertiary alicyclic amines) is 1. The Morgan fingerprint density at radius 3 is 2.61 bits per heavy atom. The van der Waals surface area contributed by atoms with Crippen molar-refractivity contribution in [3.05, 3.63) is 0 Å². The summed E-state index contributed by atoms with van der Waals surface area (Å²) in [5, 5.41) is 20.2. The zero-order chi connectivity index (χ0) is 13.7. The largest absolute Gasteiger partial charge is 0.481 e. The van der Waals surface area contributed by atoms with Gasteiger partial charge in [0.15, 0.2) is 0 Å². The number of nitrogens with one attached hydrogen (secondary N) is 1. The molecule has 7 heteroatoms. The van der Waals surface area contributed by atoms with Crippen LogP contribution >= 0.6 is 0 Å². The minimum absolute atomic E-state index is 0.0695. The van der Waals surface area contributed by atoms with Crippen molar-refractivity contribution in [1.82, 2.24) is 10.2 Å². The van der Waals surface area contributed by atoms with Crippen molar-refractivity contribution in [2.45, 2.75) is 38.3 Å². The predicted molar refractivity (Wildman–Crippen MR) is 62.1 cm³/mol. The lowest BCUT2D eigenvalue weighted by atomic mass is 10.2. The Morgan fingerprint density at radius 2 is 2.06 bits per heavy atom. The second-order valence-corrected chi connectivity index (χ2v) is 4.35. The Hall–Kier alpha value is -1.63. The molecule has 102 valence electrons. The number of amides is 1. The summed E-state index contributed by atoms with van der Waals surface area (Å²) in [5.74, 6) is -2.21. The smallest absolute Gasteiger partial charge is 0.326 e. The highest BCUT2D eigenvalue weighted by atomic mass is 16.4. The Balaban J connectivity index is 2.47. The fraction of sp³-hybridized carbons (Fsp3) is 0.727. The van der Waals surface area contributed by atoms with Crippen molar-refractivity contribution in [2.24, 2.45) is 0 Å². The van der Waals surface area contributed by atoms with Crippen LogP contribution in [0, 0.1) is 0 Å². The summed E-state index contributed by atoms with van der Waals surface area (Å²) in [7, 11) is 0. The first-order chi connectivity index (χ1) is 8.43. The number of carboxylic acid groups (broad SMARTS) is 2. The van der Waals surface area contributed by atoms with Crippen LogP contribution in [0.25, 0.3) is 0 Å². The minimum Gasteiger partial charge on any atom is -0.481 e. The molecule has 0 radical (unpaired) electrons. The van der Waals surface area contributed by atoms with Gasteiger partial charge < -0.3 is 20.4 Å². The zero-order valence-electron chi connectivity index (χ0n) is 10.3. The van der Waals surface area contributed by atoms with Crippen molar-refractivity contribution in [1.29, 1.82) is 0 Å². The van der Waals surface area contributed by atoms with E-state index in [4.69, 9.17) is 10.2 Å². The number of hydrogen-bond acceptors (Lipinski definition) is 4. The summed E-state index contributed by atoms with van der Waals surface area (Å²) in [6.07, 6.45) is 1.09. The number of aliphatic carboxylic acids is 2. The molecule has 1 aliphatic rings. The normalized spacial score (nSPS) is 20.7. The van der Waals surface area contributed by atoms with Gasteiger partial charge in [-0.3, -0.25) is 9.59 Å². The maximum Gasteiger partial charge on any atom is 0.326 e. The lowest BCUT2D eigenvalue weighted by Crippen LogP contribution is -2.49. The second-order valence-electron chi connectivity index (χ2n) is 4.35. The lowest BCUT2D eigenvalue weighted by Gasteiger charge is -2.25. The summed E-state index contributed by atoms with van der Waals surface area (Å²) in [6, 6.07) is -1.31. The summed E-state index contributed by atoms with van der Waals surface area (Å²) in [4.78, 5) is 34.6. The van der Waals surface area contributed by atoms with Crippen LogP contribution in [-0.4, -0.2) is 58.1 Å². The third-order valence-corrected chi connectivity index (χ3v) is 2.98. The van der Waals surface area contributed by atoms with E-state index in [2.05, 4.69) is 5.32 Å². The molecule has 1 saturated heterocycles. The van der Waals surface area contributed by atoms with Crippen molar-refractivity contribution >= 4 is 17.8 Å². The molecule has 0 spiro atoms. The van der Waals surface area contributed by atoms with E-state index in [-0.39, 0.29) is 18.9 Å². The quantitative estimate of drug-likeness (QED) is 0.593. The molecule has 0 unspecified atom stereocenters. The second kappa shape index (κ2) is 6.34. The first-order valence-electron chi connectivity index (χ1n) is 5.92. The Kier molecular flexibility index (Phi) is 5.08. The van der Waals surface area contributed by atoms with Crippen LogP contribution in [0.1, 0.15) is 26.2 Å². The van der Waals surface area contributed by atoms with Crippen molar-refractivity contribution in [2.75, 3.05) is 13.1 Å². The number of carbonyl (C=O) groups excluding carboxylic acids is 1. The molecule has 2 atom stereocenters. The summed E-state index contributed by atoms with van der Waals surface area (Å²) in [6.45, 7) is 2.25. The molecule has 18 heavy (non-hydrogen) atoms. The molecule has 0 aromatic heterocycles. The lowest BCUT2D eigenvalue weighted by molar-refractivity contribution is -0.148. The number of rotatable bonds is 6. The van der Waals surface area contributed by atoms with Crippen LogP contribution in [0.2, 0.25) is 0 Å². The molecule has 0 aromatic rings. The number of nitrogens with zero attached hydrogens (tertiary/aromatic N) is 1. The molecule has 0 aliphatic carbocycles. The fourth-order valence-corrected chi connectivity index (χ4v) is 2.02. The van der Waals surface area contributed by atoms with Crippen LogP contribution in [0.3, 0.4) is 0 Å². The average Bonchev–Trinajstić information content (AvgIpc) is 2.76. The monoisotopic (exact) mass is 258 g/mol. The molecule has 0 saturated carbocycles. The summed E-state index contributed by atoms with van der Waals surface area (Å²) in [5.41, 5.74) is 0. The van der Waals surface area contributed by atoms with Crippen LogP contribution < -0.4 is 5.32 Å². The van der Waals surface area contributed by atoms with E-state index >= 15 is 0 Å². The molecular weight excluding hydrogens is 240 g/mol. The van der Waals surface area contributed by atoms with Crippen LogP contribution in [0.15, 0.2) is 0 Å². The Bertz CT molecular complexity index is 344. The van der Waals surface area contributed by atoms with E-state index in [0.717, 1.165) is 0 Å². The summed E-state index contributed by atoms with van der Waals surface area (Å²) >= 11 is 0. The maximum atomic E-state index is 12.0. The van der Waals surface area contributed by atoms with Crippen molar-refractivity contribution in [3.63, 3.8) is 0 Å². The van der Waals surface area contributed by atoms with Gasteiger partial charge in [-0.25, -0.2) is 4.79 Å². The van der Waals surface area contributed by atoms with E-state index in [9.17, 15) is 14.4 Å². The number of carbonyl (C=O) groups is 3. The molecular formula is C11H18N2O5. The van der Waals surface area contributed by atoms with E-state index in [1.165, 1.54) is 4.90 Å². The molecule has 1 heterocycles. The van der Waals surface area contributed by atoms with Gasteiger partial charge in [0.2, 0.25) is 5.91 Å². The molecule has 1 aliphatic heterocycles. The molecule has 1 amide bonds. The highest BCUT2D eigenvalue weighted by molar-refractivity contribution is 5.87. The van der Waals surface area contributed by atoms with Crippen LogP contribution in [-0.2, 0) is 14.4 Å². The maximum absolute atomic E-state index is 12.0. The average molecular weight is 258 g/mol. The van der Waals surface area contributed by atoms with Gasteiger partial charge in [0.05, 0.1) is 12.5 Å². The van der Waals surface area contributed by atoms with E-state index in [1.807, 2.05) is 0 Å². The van der Waals surface area contributed by atoms with Crippen LogP contribution in [0.5, 0.6) is 0 Å². The fourth-order valence-electron chi connectivity index (χ4n) is 2.02. The molecule has 1 rings (SSSR count). The van der Waals surface area contributed by atoms with Gasteiger partial charge >= 0.3 is 11.9 Å². The third kappa shape index (κ3) is 3.69. The van der Waals surface area contributed by atoms with E-state index in [0.29, 0.717) is 19.4 Å². The predicted octanol–water partition coefficient (Wildman–Crippen LogP) is -0.485. The van der Waals surface area contributed by atoms with Crippen molar-refractivity contribution < 1.29 is 24.6 Å². The van der Waals surface area contributed by atoms with Gasteiger partial charge in [0, 0.05) is 13.1 Å². The molecule has 0 aromatic carbocycles. The highest BCUT2D eigenvalue weighted by Gasteiger charge is 2.35. The Labute approximate surface area is 105 Å². The summed E-state index contributed by atoms with van der Waals surface area (Å²) < 4.78 is 0.